The number of halogens is 1. The number of hydrogen-bond donors (Lipinski definition) is 3. The molecular formula is C13H16BrN5O. The third kappa shape index (κ3) is 3.80. The average Bonchev–Trinajstić information content (AvgIpc) is 2.91. The molecule has 0 spiro atoms. The van der Waals surface area contributed by atoms with E-state index in [0.717, 1.165) is 34.5 Å². The van der Waals surface area contributed by atoms with Crippen LogP contribution < -0.4 is 16.1 Å². The van der Waals surface area contributed by atoms with Crippen LogP contribution in [-0.4, -0.2) is 30.7 Å². The first-order valence-electron chi connectivity index (χ1n) is 6.22. The SMILES string of the molecule is CC(=O)Nc1ccc(C(C)=NNC2=NCCN2)cc1Br. The van der Waals surface area contributed by atoms with E-state index in [4.69, 9.17) is 0 Å². The molecule has 0 radical (unpaired) electrons. The van der Waals surface area contributed by atoms with Gasteiger partial charge in [0.15, 0.2) is 0 Å². The van der Waals surface area contributed by atoms with Gasteiger partial charge in [0.1, 0.15) is 0 Å². The summed E-state index contributed by atoms with van der Waals surface area (Å²) in [4.78, 5) is 15.2. The molecule has 2 rings (SSSR count). The Hall–Kier alpha value is -1.89. The van der Waals surface area contributed by atoms with Crippen molar-refractivity contribution >= 4 is 39.2 Å². The van der Waals surface area contributed by atoms with E-state index in [1.807, 2.05) is 25.1 Å². The molecule has 0 unspecified atom stereocenters. The number of nitrogens with one attached hydrogen (secondary N) is 3. The standard InChI is InChI=1S/C13H16BrN5O/c1-8(18-19-13-15-5-6-16-13)10-3-4-12(11(14)7-10)17-9(2)20/h3-4,7H,5-6H2,1-2H3,(H,17,20)(H2,15,16,19). The summed E-state index contributed by atoms with van der Waals surface area (Å²) < 4.78 is 0.816. The lowest BCUT2D eigenvalue weighted by Gasteiger charge is -2.08. The number of amides is 1. The molecule has 0 bridgehead atoms. The van der Waals surface area contributed by atoms with E-state index < -0.39 is 0 Å². The van der Waals surface area contributed by atoms with E-state index in [1.54, 1.807) is 0 Å². The first-order chi connectivity index (χ1) is 9.56. The average molecular weight is 338 g/mol. The maximum atomic E-state index is 11.0. The van der Waals surface area contributed by atoms with Crippen molar-refractivity contribution in [2.45, 2.75) is 13.8 Å². The zero-order chi connectivity index (χ0) is 14.5. The minimum atomic E-state index is -0.101. The van der Waals surface area contributed by atoms with E-state index in [9.17, 15) is 4.79 Å². The smallest absolute Gasteiger partial charge is 0.221 e. The predicted octanol–water partition coefficient (Wildman–Crippen LogP) is 1.68. The summed E-state index contributed by atoms with van der Waals surface area (Å²) >= 11 is 3.44. The Kier molecular flexibility index (Phi) is 4.73. The number of nitrogens with zero attached hydrogens (tertiary/aromatic N) is 2. The van der Waals surface area contributed by atoms with Crippen molar-refractivity contribution in [1.82, 2.24) is 10.7 Å². The molecular weight excluding hydrogens is 322 g/mol. The van der Waals surface area contributed by atoms with E-state index in [1.165, 1.54) is 6.92 Å². The fourth-order valence-electron chi connectivity index (χ4n) is 1.71. The molecule has 1 amide bonds. The molecule has 20 heavy (non-hydrogen) atoms. The van der Waals surface area contributed by atoms with Gasteiger partial charge in [-0.2, -0.15) is 5.10 Å². The molecule has 0 fully saturated rings. The Labute approximate surface area is 125 Å². The molecule has 0 atom stereocenters. The van der Waals surface area contributed by atoms with Gasteiger partial charge in [0.2, 0.25) is 11.9 Å². The maximum Gasteiger partial charge on any atom is 0.221 e. The third-order valence-electron chi connectivity index (χ3n) is 2.70. The van der Waals surface area contributed by atoms with Crippen molar-refractivity contribution < 1.29 is 4.79 Å². The molecule has 1 aromatic rings. The first-order valence-corrected chi connectivity index (χ1v) is 7.01. The lowest BCUT2D eigenvalue weighted by molar-refractivity contribution is -0.114. The molecule has 0 saturated heterocycles. The van der Waals surface area contributed by atoms with Crippen LogP contribution in [0.25, 0.3) is 0 Å². The third-order valence-corrected chi connectivity index (χ3v) is 3.36. The van der Waals surface area contributed by atoms with Gasteiger partial charge in [0.05, 0.1) is 17.9 Å². The molecule has 0 aliphatic carbocycles. The number of carbonyl (C=O) groups excluding carboxylic acids is 1. The summed E-state index contributed by atoms with van der Waals surface area (Å²) in [7, 11) is 0. The number of hydrogen-bond acceptors (Lipinski definition) is 5. The summed E-state index contributed by atoms with van der Waals surface area (Å²) in [6, 6.07) is 5.65. The van der Waals surface area contributed by atoms with Gasteiger partial charge in [0.25, 0.3) is 0 Å². The zero-order valence-corrected chi connectivity index (χ0v) is 12.9. The Morgan fingerprint density at radius 3 is 2.85 bits per heavy atom. The quantitative estimate of drug-likeness (QED) is 0.580. The number of rotatable bonds is 3. The highest BCUT2D eigenvalue weighted by Gasteiger charge is 2.06. The minimum Gasteiger partial charge on any atom is -0.353 e. The molecule has 0 saturated carbocycles. The fraction of sp³-hybridized carbons (Fsp3) is 0.308. The molecule has 3 N–H and O–H groups in total. The van der Waals surface area contributed by atoms with Gasteiger partial charge in [-0.15, -0.1) is 0 Å². The van der Waals surface area contributed by atoms with Crippen LogP contribution in [0.2, 0.25) is 0 Å². The number of benzene rings is 1. The maximum absolute atomic E-state index is 11.0. The van der Waals surface area contributed by atoms with Crippen LogP contribution in [0.15, 0.2) is 32.8 Å². The lowest BCUT2D eigenvalue weighted by atomic mass is 10.1. The van der Waals surface area contributed by atoms with Gasteiger partial charge in [-0.25, -0.2) is 10.4 Å². The second kappa shape index (κ2) is 6.51. The first kappa shape index (κ1) is 14.5. The van der Waals surface area contributed by atoms with Crippen LogP contribution in [0.5, 0.6) is 0 Å². The number of guanidine groups is 1. The van der Waals surface area contributed by atoms with E-state index >= 15 is 0 Å². The van der Waals surface area contributed by atoms with Crippen molar-refractivity contribution in [2.24, 2.45) is 10.1 Å². The van der Waals surface area contributed by atoms with E-state index in [2.05, 4.69) is 42.1 Å². The predicted molar refractivity (Wildman–Crippen MR) is 84.1 cm³/mol. The van der Waals surface area contributed by atoms with Crippen LogP contribution in [-0.2, 0) is 4.79 Å². The topological polar surface area (TPSA) is 77.9 Å². The van der Waals surface area contributed by atoms with E-state index in [0.29, 0.717) is 5.96 Å². The number of aliphatic imine (C=N–C) groups is 1. The van der Waals surface area contributed by atoms with Gasteiger partial charge in [-0.1, -0.05) is 6.07 Å². The van der Waals surface area contributed by atoms with E-state index in [-0.39, 0.29) is 5.91 Å². The minimum absolute atomic E-state index is 0.101. The highest BCUT2D eigenvalue weighted by atomic mass is 79.9. The molecule has 1 aromatic carbocycles. The van der Waals surface area contributed by atoms with Crippen LogP contribution >= 0.6 is 15.9 Å². The lowest BCUT2D eigenvalue weighted by Crippen LogP contribution is -2.30. The molecule has 1 aliphatic heterocycles. The summed E-state index contributed by atoms with van der Waals surface area (Å²) in [5.74, 6) is 0.592. The monoisotopic (exact) mass is 337 g/mol. The van der Waals surface area contributed by atoms with Gasteiger partial charge in [-0.05, 0) is 40.5 Å². The van der Waals surface area contributed by atoms with Crippen molar-refractivity contribution in [1.29, 1.82) is 0 Å². The Bertz CT molecular complexity index is 582. The van der Waals surface area contributed by atoms with Crippen LogP contribution in [0, 0.1) is 0 Å². The van der Waals surface area contributed by atoms with Crippen LogP contribution in [0.4, 0.5) is 5.69 Å². The summed E-state index contributed by atoms with van der Waals surface area (Å²) in [5, 5.41) is 10.1. The molecule has 0 aromatic heterocycles. The number of carbonyl (C=O) groups is 1. The fourth-order valence-corrected chi connectivity index (χ4v) is 2.18. The summed E-state index contributed by atoms with van der Waals surface area (Å²) in [6.07, 6.45) is 0. The van der Waals surface area contributed by atoms with Gasteiger partial charge >= 0.3 is 0 Å². The summed E-state index contributed by atoms with van der Waals surface area (Å²) in [6.45, 7) is 5.00. The van der Waals surface area contributed by atoms with Crippen molar-refractivity contribution in [3.05, 3.63) is 28.2 Å². The summed E-state index contributed by atoms with van der Waals surface area (Å²) in [5.41, 5.74) is 5.41. The zero-order valence-electron chi connectivity index (χ0n) is 11.3. The normalized spacial score (nSPS) is 14.6. The second-order valence-electron chi connectivity index (χ2n) is 4.34. The second-order valence-corrected chi connectivity index (χ2v) is 5.20. The molecule has 7 heteroatoms. The van der Waals surface area contributed by atoms with Crippen molar-refractivity contribution in [3.63, 3.8) is 0 Å². The van der Waals surface area contributed by atoms with Crippen molar-refractivity contribution in [3.8, 4) is 0 Å². The van der Waals surface area contributed by atoms with Gasteiger partial charge in [-0.3, -0.25) is 4.79 Å². The Morgan fingerprint density at radius 1 is 1.45 bits per heavy atom. The van der Waals surface area contributed by atoms with Gasteiger partial charge < -0.3 is 10.6 Å². The molecule has 6 nitrogen and oxygen atoms in total. The molecule has 1 aliphatic rings. The Balaban J connectivity index is 2.09. The van der Waals surface area contributed by atoms with Gasteiger partial charge in [0, 0.05) is 17.9 Å². The van der Waals surface area contributed by atoms with Crippen molar-refractivity contribution in [2.75, 3.05) is 18.4 Å². The molecule has 106 valence electrons. The van der Waals surface area contributed by atoms with Crippen LogP contribution in [0.1, 0.15) is 19.4 Å². The molecule has 1 heterocycles. The number of anilines is 1. The Morgan fingerprint density at radius 2 is 2.25 bits per heavy atom. The highest BCUT2D eigenvalue weighted by molar-refractivity contribution is 9.10. The van der Waals surface area contributed by atoms with Crippen LogP contribution in [0.3, 0.4) is 0 Å². The largest absolute Gasteiger partial charge is 0.353 e. The highest BCUT2D eigenvalue weighted by Crippen LogP contribution is 2.23. The number of hydrazone groups is 1.